The minimum atomic E-state index is -0.623. The number of ether oxygens (including phenoxy) is 1. The molecule has 5 nitrogen and oxygen atoms in total. The maximum atomic E-state index is 13.5. The Labute approximate surface area is 190 Å². The van der Waals surface area contributed by atoms with Crippen molar-refractivity contribution in [2.24, 2.45) is 0 Å². The molecule has 0 radical (unpaired) electrons. The summed E-state index contributed by atoms with van der Waals surface area (Å²) in [5.41, 5.74) is 1.32. The first-order chi connectivity index (χ1) is 14.8. The molecular weight excluding hydrogens is 435 g/mol. The van der Waals surface area contributed by atoms with Gasteiger partial charge >= 0.3 is 0 Å². The maximum Gasteiger partial charge on any atom is 0.273 e. The van der Waals surface area contributed by atoms with E-state index in [1.54, 1.807) is 23.2 Å². The van der Waals surface area contributed by atoms with Crippen LogP contribution in [0.5, 0.6) is 0 Å². The number of carbonyl (C=O) groups is 1. The van der Waals surface area contributed by atoms with E-state index in [0.717, 1.165) is 11.1 Å². The summed E-state index contributed by atoms with van der Waals surface area (Å²) in [6.07, 6.45) is 1.08. The standard InChI is InChI=1S/C24H22Cl2N2O3/c1-24(2)23(31-15-16-6-4-3-5-7-16)27(14-17-8-9-19(25)20(26)12-17)22(30)21-13-18(29)10-11-28(21)24/h3-13,23H,14-15H2,1-2H3. The molecule has 3 aromatic rings. The SMILES string of the molecule is CC1(C)C(OCc2ccccc2)N(Cc2ccc(Cl)c(Cl)c2)C(=O)c2cc(=O)ccn21. The molecule has 1 aliphatic heterocycles. The summed E-state index contributed by atoms with van der Waals surface area (Å²) in [6, 6.07) is 17.9. The van der Waals surface area contributed by atoms with Crippen LogP contribution in [0, 0.1) is 0 Å². The monoisotopic (exact) mass is 456 g/mol. The first-order valence-corrected chi connectivity index (χ1v) is 10.7. The van der Waals surface area contributed by atoms with Crippen LogP contribution in [0.1, 0.15) is 35.5 Å². The van der Waals surface area contributed by atoms with Crippen molar-refractivity contribution in [3.63, 3.8) is 0 Å². The van der Waals surface area contributed by atoms with Crippen molar-refractivity contribution in [1.29, 1.82) is 0 Å². The van der Waals surface area contributed by atoms with Gasteiger partial charge in [-0.15, -0.1) is 0 Å². The van der Waals surface area contributed by atoms with E-state index in [-0.39, 0.29) is 17.9 Å². The molecule has 0 aliphatic carbocycles. The van der Waals surface area contributed by atoms with E-state index in [1.165, 1.54) is 12.1 Å². The van der Waals surface area contributed by atoms with E-state index in [9.17, 15) is 9.59 Å². The lowest BCUT2D eigenvalue weighted by atomic mass is 9.95. The molecule has 0 saturated carbocycles. The summed E-state index contributed by atoms with van der Waals surface area (Å²) in [6.45, 7) is 4.59. The number of pyridine rings is 1. The van der Waals surface area contributed by atoms with Crippen LogP contribution >= 0.6 is 23.2 Å². The fourth-order valence-corrected chi connectivity index (χ4v) is 4.26. The highest BCUT2D eigenvalue weighted by Crippen LogP contribution is 2.34. The lowest BCUT2D eigenvalue weighted by molar-refractivity contribution is -0.123. The van der Waals surface area contributed by atoms with Crippen LogP contribution in [0.4, 0.5) is 0 Å². The fourth-order valence-electron chi connectivity index (χ4n) is 3.93. The van der Waals surface area contributed by atoms with Gasteiger partial charge in [-0.05, 0) is 37.1 Å². The fraction of sp³-hybridized carbons (Fsp3) is 0.250. The molecule has 2 heterocycles. The number of benzene rings is 2. The highest BCUT2D eigenvalue weighted by molar-refractivity contribution is 6.42. The van der Waals surface area contributed by atoms with E-state index >= 15 is 0 Å². The van der Waals surface area contributed by atoms with Gasteiger partial charge in [0.1, 0.15) is 5.69 Å². The molecule has 2 aromatic carbocycles. The number of aromatic nitrogens is 1. The van der Waals surface area contributed by atoms with Crippen molar-refractivity contribution < 1.29 is 9.53 Å². The minimum Gasteiger partial charge on any atom is -0.351 e. The Balaban J connectivity index is 1.74. The molecule has 0 bridgehead atoms. The van der Waals surface area contributed by atoms with Gasteiger partial charge in [0.2, 0.25) is 0 Å². The van der Waals surface area contributed by atoms with Crippen molar-refractivity contribution in [2.45, 2.75) is 38.8 Å². The van der Waals surface area contributed by atoms with E-state index < -0.39 is 11.8 Å². The largest absolute Gasteiger partial charge is 0.351 e. The van der Waals surface area contributed by atoms with E-state index in [4.69, 9.17) is 27.9 Å². The molecule has 160 valence electrons. The number of hydrogen-bond donors (Lipinski definition) is 0. The second kappa shape index (κ2) is 8.50. The summed E-state index contributed by atoms with van der Waals surface area (Å²) >= 11 is 12.2. The topological polar surface area (TPSA) is 51.5 Å². The Morgan fingerprint density at radius 3 is 2.39 bits per heavy atom. The minimum absolute atomic E-state index is 0.214. The molecule has 1 unspecified atom stereocenters. The Morgan fingerprint density at radius 2 is 1.68 bits per heavy atom. The Kier molecular flexibility index (Phi) is 5.93. The van der Waals surface area contributed by atoms with E-state index in [2.05, 4.69) is 0 Å². The summed E-state index contributed by atoms with van der Waals surface area (Å²) in [5, 5.41) is 0.866. The average Bonchev–Trinajstić information content (AvgIpc) is 2.74. The van der Waals surface area contributed by atoms with Crippen molar-refractivity contribution in [3.05, 3.63) is 104 Å². The molecule has 1 aromatic heterocycles. The molecule has 0 N–H and O–H groups in total. The lowest BCUT2D eigenvalue weighted by Crippen LogP contribution is -2.59. The number of amides is 1. The van der Waals surface area contributed by atoms with Crippen LogP contribution in [0.25, 0.3) is 0 Å². The van der Waals surface area contributed by atoms with E-state index in [1.807, 2.05) is 54.8 Å². The molecule has 0 saturated heterocycles. The molecule has 0 fully saturated rings. The normalized spacial score (nSPS) is 17.5. The molecule has 0 spiro atoms. The van der Waals surface area contributed by atoms with Crippen molar-refractivity contribution in [2.75, 3.05) is 0 Å². The predicted octanol–water partition coefficient (Wildman–Crippen LogP) is 5.09. The van der Waals surface area contributed by atoms with Crippen molar-refractivity contribution in [1.82, 2.24) is 9.47 Å². The molecule has 1 amide bonds. The zero-order valence-electron chi connectivity index (χ0n) is 17.2. The Hall–Kier alpha value is -2.60. The van der Waals surface area contributed by atoms with Gasteiger partial charge in [-0.2, -0.15) is 0 Å². The van der Waals surface area contributed by atoms with Gasteiger partial charge in [0.25, 0.3) is 5.91 Å². The summed E-state index contributed by atoms with van der Waals surface area (Å²) < 4.78 is 8.14. The molecule has 7 heteroatoms. The van der Waals surface area contributed by atoms with Crippen LogP contribution in [0.3, 0.4) is 0 Å². The first-order valence-electron chi connectivity index (χ1n) is 9.91. The van der Waals surface area contributed by atoms with Gasteiger partial charge in [0.05, 0.1) is 22.2 Å². The van der Waals surface area contributed by atoms with Crippen LogP contribution in [-0.4, -0.2) is 21.6 Å². The predicted molar refractivity (Wildman–Crippen MR) is 121 cm³/mol. The van der Waals surface area contributed by atoms with Crippen LogP contribution in [0.15, 0.2) is 71.7 Å². The van der Waals surface area contributed by atoms with Crippen LogP contribution < -0.4 is 5.43 Å². The number of hydrogen-bond acceptors (Lipinski definition) is 3. The first kappa shape index (κ1) is 21.6. The molecule has 1 aliphatic rings. The zero-order valence-corrected chi connectivity index (χ0v) is 18.7. The average molecular weight is 457 g/mol. The molecule has 1 atom stereocenters. The third-order valence-electron chi connectivity index (χ3n) is 5.50. The lowest BCUT2D eigenvalue weighted by Gasteiger charge is -2.48. The summed E-state index contributed by atoms with van der Waals surface area (Å²) in [4.78, 5) is 27.1. The van der Waals surface area contributed by atoms with Gasteiger partial charge in [0, 0.05) is 24.9 Å². The van der Waals surface area contributed by atoms with Crippen LogP contribution in [0.2, 0.25) is 10.0 Å². The summed E-state index contributed by atoms with van der Waals surface area (Å²) in [5.74, 6) is -0.277. The molecule has 4 rings (SSSR count). The van der Waals surface area contributed by atoms with Crippen LogP contribution in [-0.2, 0) is 23.4 Å². The van der Waals surface area contributed by atoms with E-state index in [0.29, 0.717) is 22.3 Å². The van der Waals surface area contributed by atoms with Crippen molar-refractivity contribution >= 4 is 29.1 Å². The summed E-state index contributed by atoms with van der Waals surface area (Å²) in [7, 11) is 0. The second-order valence-corrected chi connectivity index (χ2v) is 8.92. The quantitative estimate of drug-likeness (QED) is 0.537. The van der Waals surface area contributed by atoms with Crippen molar-refractivity contribution in [3.8, 4) is 0 Å². The number of halogens is 2. The number of rotatable bonds is 5. The second-order valence-electron chi connectivity index (χ2n) is 8.10. The van der Waals surface area contributed by atoms with Gasteiger partial charge < -0.3 is 14.2 Å². The Bertz CT molecular complexity index is 1170. The number of fused-ring (bicyclic) bond motifs is 1. The molecule has 31 heavy (non-hydrogen) atoms. The number of nitrogens with zero attached hydrogens (tertiary/aromatic N) is 2. The third-order valence-corrected chi connectivity index (χ3v) is 6.24. The van der Waals surface area contributed by atoms with Gasteiger partial charge in [-0.1, -0.05) is 59.6 Å². The van der Waals surface area contributed by atoms with Gasteiger partial charge in [-0.25, -0.2) is 0 Å². The highest BCUT2D eigenvalue weighted by Gasteiger charge is 2.45. The Morgan fingerprint density at radius 1 is 0.935 bits per heavy atom. The zero-order chi connectivity index (χ0) is 22.2. The third kappa shape index (κ3) is 4.26. The number of carbonyl (C=O) groups excluding carboxylic acids is 1. The maximum absolute atomic E-state index is 13.5. The van der Waals surface area contributed by atoms with Gasteiger partial charge in [0.15, 0.2) is 11.7 Å². The highest BCUT2D eigenvalue weighted by atomic mass is 35.5. The van der Waals surface area contributed by atoms with Gasteiger partial charge in [-0.3, -0.25) is 9.59 Å². The molecular formula is C24H22Cl2N2O3. The smallest absolute Gasteiger partial charge is 0.273 e.